The molecule has 0 aliphatic carbocycles. The molecular weight excluding hydrogens is 480 g/mol. The van der Waals surface area contributed by atoms with Crippen LogP contribution in [0.25, 0.3) is 0 Å². The van der Waals surface area contributed by atoms with E-state index in [1.165, 1.54) is 17.2 Å². The van der Waals surface area contributed by atoms with Gasteiger partial charge in [0.2, 0.25) is 11.2 Å². The minimum Gasteiger partial charge on any atom is -0.497 e. The molecule has 2 aromatic carbocycles. The van der Waals surface area contributed by atoms with Gasteiger partial charge in [0.1, 0.15) is 30.1 Å². The molecule has 3 aromatic rings. The van der Waals surface area contributed by atoms with E-state index in [1.807, 2.05) is 35.4 Å². The third kappa shape index (κ3) is 6.41. The lowest BCUT2D eigenvalue weighted by molar-refractivity contribution is 0.0618. The number of piperazine rings is 1. The average Bonchev–Trinajstić information content (AvgIpc) is 2.92. The van der Waals surface area contributed by atoms with Gasteiger partial charge in [-0.3, -0.25) is 14.5 Å². The van der Waals surface area contributed by atoms with Crippen molar-refractivity contribution in [2.75, 3.05) is 46.7 Å². The molecule has 0 N–H and O–H groups in total. The van der Waals surface area contributed by atoms with Crippen LogP contribution in [0, 0.1) is 0 Å². The zero-order chi connectivity index (χ0) is 25.5. The maximum atomic E-state index is 13.0. The SMILES string of the molecule is COc1cc(OC)cc(C(=O)N2CCN(Cc3cc(=O)c(OCc4ccc(SC)cc4)co3)CC2)c1. The number of amides is 1. The van der Waals surface area contributed by atoms with Crippen LogP contribution in [0.5, 0.6) is 17.2 Å². The second-order valence-electron chi connectivity index (χ2n) is 8.38. The van der Waals surface area contributed by atoms with Crippen molar-refractivity contribution in [3.05, 3.63) is 81.9 Å². The zero-order valence-electron chi connectivity index (χ0n) is 20.7. The minimum atomic E-state index is -0.210. The molecule has 4 rings (SSSR count). The Balaban J connectivity index is 1.30. The van der Waals surface area contributed by atoms with Gasteiger partial charge in [-0.05, 0) is 36.1 Å². The predicted octanol–water partition coefficient (Wildman–Crippen LogP) is 3.92. The Morgan fingerprint density at radius 2 is 1.64 bits per heavy atom. The molecule has 0 atom stereocenters. The van der Waals surface area contributed by atoms with E-state index < -0.39 is 0 Å². The molecule has 1 saturated heterocycles. The first-order chi connectivity index (χ1) is 17.5. The maximum Gasteiger partial charge on any atom is 0.254 e. The fourth-order valence-corrected chi connectivity index (χ4v) is 4.36. The summed E-state index contributed by atoms with van der Waals surface area (Å²) in [5, 5.41) is 0. The van der Waals surface area contributed by atoms with Gasteiger partial charge < -0.3 is 23.5 Å². The second-order valence-corrected chi connectivity index (χ2v) is 9.26. The van der Waals surface area contributed by atoms with E-state index in [0.29, 0.717) is 62.2 Å². The molecule has 0 spiro atoms. The molecule has 8 nitrogen and oxygen atoms in total. The van der Waals surface area contributed by atoms with E-state index >= 15 is 0 Å². The quantitative estimate of drug-likeness (QED) is 0.401. The van der Waals surface area contributed by atoms with Gasteiger partial charge in [-0.1, -0.05) is 12.1 Å². The summed E-state index contributed by atoms with van der Waals surface area (Å²) >= 11 is 1.67. The molecule has 0 bridgehead atoms. The first kappa shape index (κ1) is 25.7. The number of carbonyl (C=O) groups excluding carboxylic acids is 1. The van der Waals surface area contributed by atoms with E-state index in [2.05, 4.69) is 4.90 Å². The zero-order valence-corrected chi connectivity index (χ0v) is 21.5. The molecule has 1 aliphatic heterocycles. The van der Waals surface area contributed by atoms with Crippen molar-refractivity contribution in [1.82, 2.24) is 9.80 Å². The van der Waals surface area contributed by atoms with Crippen molar-refractivity contribution < 1.29 is 23.4 Å². The summed E-state index contributed by atoms with van der Waals surface area (Å²) in [5.74, 6) is 1.84. The van der Waals surface area contributed by atoms with Crippen LogP contribution >= 0.6 is 11.8 Å². The monoisotopic (exact) mass is 510 g/mol. The summed E-state index contributed by atoms with van der Waals surface area (Å²) in [5.41, 5.74) is 1.30. The Morgan fingerprint density at radius 3 is 2.22 bits per heavy atom. The molecule has 0 radical (unpaired) electrons. The lowest BCUT2D eigenvalue weighted by Gasteiger charge is -2.34. The molecule has 190 valence electrons. The van der Waals surface area contributed by atoms with Crippen molar-refractivity contribution in [3.63, 3.8) is 0 Å². The molecular formula is C27H30N2O6S. The second kappa shape index (κ2) is 12.0. The van der Waals surface area contributed by atoms with Gasteiger partial charge in [-0.15, -0.1) is 11.8 Å². The molecule has 0 unspecified atom stereocenters. The van der Waals surface area contributed by atoms with E-state index in [1.54, 1.807) is 44.2 Å². The number of thioether (sulfide) groups is 1. The van der Waals surface area contributed by atoms with Crippen LogP contribution in [-0.2, 0) is 13.2 Å². The van der Waals surface area contributed by atoms with E-state index in [-0.39, 0.29) is 17.1 Å². The molecule has 36 heavy (non-hydrogen) atoms. The standard InChI is InChI=1S/C27H30N2O6S/c1-32-21-12-20(13-22(14-21)33-2)27(31)29-10-8-28(9-11-29)16-23-15-25(30)26(18-34-23)35-17-19-4-6-24(36-3)7-5-19/h4-7,12-15,18H,8-11,16-17H2,1-3H3. The number of benzene rings is 2. The van der Waals surface area contributed by atoms with Gasteiger partial charge in [-0.25, -0.2) is 0 Å². The Kier molecular flexibility index (Phi) is 8.56. The highest BCUT2D eigenvalue weighted by atomic mass is 32.2. The molecule has 1 amide bonds. The smallest absolute Gasteiger partial charge is 0.254 e. The van der Waals surface area contributed by atoms with Gasteiger partial charge in [0.05, 0.1) is 20.8 Å². The van der Waals surface area contributed by atoms with Gasteiger partial charge in [0.25, 0.3) is 5.91 Å². The van der Waals surface area contributed by atoms with Crippen molar-refractivity contribution in [2.45, 2.75) is 18.0 Å². The molecule has 0 saturated carbocycles. The van der Waals surface area contributed by atoms with Crippen LogP contribution in [0.4, 0.5) is 0 Å². The number of rotatable bonds is 9. The highest BCUT2D eigenvalue weighted by molar-refractivity contribution is 7.98. The normalized spacial score (nSPS) is 13.9. The molecule has 1 aromatic heterocycles. The highest BCUT2D eigenvalue weighted by Crippen LogP contribution is 2.24. The lowest BCUT2D eigenvalue weighted by atomic mass is 10.1. The molecule has 1 fully saturated rings. The van der Waals surface area contributed by atoms with Gasteiger partial charge in [0.15, 0.2) is 0 Å². The van der Waals surface area contributed by atoms with Crippen LogP contribution in [0.1, 0.15) is 21.7 Å². The summed E-state index contributed by atoms with van der Waals surface area (Å²) in [7, 11) is 3.12. The molecule has 1 aliphatic rings. The van der Waals surface area contributed by atoms with Crippen LogP contribution in [-0.4, -0.2) is 62.4 Å². The van der Waals surface area contributed by atoms with Crippen molar-refractivity contribution in [2.24, 2.45) is 0 Å². The van der Waals surface area contributed by atoms with Crippen molar-refractivity contribution in [3.8, 4) is 17.2 Å². The number of nitrogens with zero attached hydrogens (tertiary/aromatic N) is 2. The van der Waals surface area contributed by atoms with E-state index in [9.17, 15) is 9.59 Å². The van der Waals surface area contributed by atoms with E-state index in [0.717, 1.165) is 5.56 Å². The third-order valence-corrected chi connectivity index (χ3v) is 6.79. The van der Waals surface area contributed by atoms with Gasteiger partial charge in [0, 0.05) is 48.8 Å². The third-order valence-electron chi connectivity index (χ3n) is 6.04. The van der Waals surface area contributed by atoms with Crippen LogP contribution in [0.2, 0.25) is 0 Å². The Morgan fingerprint density at radius 1 is 0.972 bits per heavy atom. The minimum absolute atomic E-state index is 0.0667. The largest absolute Gasteiger partial charge is 0.497 e. The summed E-state index contributed by atoms with van der Waals surface area (Å²) in [6.45, 7) is 3.26. The summed E-state index contributed by atoms with van der Waals surface area (Å²) in [6, 6.07) is 14.7. The number of hydrogen-bond donors (Lipinski definition) is 0. The predicted molar refractivity (Wildman–Crippen MR) is 138 cm³/mol. The number of ether oxygens (including phenoxy) is 3. The van der Waals surface area contributed by atoms with Crippen LogP contribution in [0.15, 0.2) is 68.9 Å². The summed E-state index contributed by atoms with van der Waals surface area (Å²) in [4.78, 5) is 30.7. The van der Waals surface area contributed by atoms with E-state index in [4.69, 9.17) is 18.6 Å². The van der Waals surface area contributed by atoms with Crippen molar-refractivity contribution in [1.29, 1.82) is 0 Å². The average molecular weight is 511 g/mol. The number of methoxy groups -OCH3 is 2. The Bertz CT molecular complexity index is 1210. The molecule has 2 heterocycles. The number of carbonyl (C=O) groups is 1. The van der Waals surface area contributed by atoms with Crippen LogP contribution in [0.3, 0.4) is 0 Å². The first-order valence-corrected chi connectivity index (χ1v) is 12.8. The van der Waals surface area contributed by atoms with Gasteiger partial charge >= 0.3 is 0 Å². The fourth-order valence-electron chi connectivity index (χ4n) is 3.95. The lowest BCUT2D eigenvalue weighted by Crippen LogP contribution is -2.48. The van der Waals surface area contributed by atoms with Crippen LogP contribution < -0.4 is 19.6 Å². The van der Waals surface area contributed by atoms with Gasteiger partial charge in [-0.2, -0.15) is 0 Å². The Hall–Kier alpha value is -3.43. The van der Waals surface area contributed by atoms with Crippen molar-refractivity contribution >= 4 is 17.7 Å². The number of hydrogen-bond acceptors (Lipinski definition) is 8. The fraction of sp³-hybridized carbons (Fsp3) is 0.333. The summed E-state index contributed by atoms with van der Waals surface area (Å²) < 4.78 is 21.9. The maximum absolute atomic E-state index is 13.0. The summed E-state index contributed by atoms with van der Waals surface area (Å²) in [6.07, 6.45) is 3.40. The highest BCUT2D eigenvalue weighted by Gasteiger charge is 2.24. The molecule has 9 heteroatoms. The first-order valence-electron chi connectivity index (χ1n) is 11.6. The topological polar surface area (TPSA) is 81.5 Å². The Labute approximate surface area is 214 Å².